The maximum absolute atomic E-state index is 9.60. The average Bonchev–Trinajstić information content (AvgIpc) is 2.60. The summed E-state index contributed by atoms with van der Waals surface area (Å²) in [6.07, 6.45) is 9.94. The summed E-state index contributed by atoms with van der Waals surface area (Å²) in [5.41, 5.74) is 0. The van der Waals surface area contributed by atoms with Gasteiger partial charge >= 0.3 is 0 Å². The first-order chi connectivity index (χ1) is 5.36. The van der Waals surface area contributed by atoms with Crippen molar-refractivity contribution in [1.29, 1.82) is 0 Å². The van der Waals surface area contributed by atoms with Gasteiger partial charge in [-0.05, 0) is 24.2 Å². The fourth-order valence-corrected chi connectivity index (χ4v) is 3.02. The van der Waals surface area contributed by atoms with E-state index in [-0.39, 0.29) is 6.10 Å². The Morgan fingerprint density at radius 1 is 1.00 bits per heavy atom. The molecule has 0 unspecified atom stereocenters. The molecule has 0 saturated heterocycles. The highest BCUT2D eigenvalue weighted by atomic mass is 16.3. The zero-order chi connectivity index (χ0) is 7.42. The van der Waals surface area contributed by atoms with Crippen molar-refractivity contribution < 1.29 is 5.11 Å². The second-order valence-corrected chi connectivity index (χ2v) is 3.98. The first-order valence-corrected chi connectivity index (χ1v) is 4.41. The van der Waals surface area contributed by atoms with Gasteiger partial charge < -0.3 is 5.11 Å². The molecule has 1 heteroatoms. The van der Waals surface area contributed by atoms with Crippen molar-refractivity contribution in [2.75, 3.05) is 0 Å². The van der Waals surface area contributed by atoms with Crippen molar-refractivity contribution in [3.8, 4) is 0 Å². The molecule has 3 rings (SSSR count). The van der Waals surface area contributed by atoms with Gasteiger partial charge in [-0.3, -0.25) is 0 Å². The third-order valence-electron chi connectivity index (χ3n) is 3.51. The highest BCUT2D eigenvalue weighted by molar-refractivity contribution is 5.24. The molecule has 0 spiro atoms. The predicted octanol–water partition coefficient (Wildman–Crippen LogP) is 1.36. The third-order valence-corrected chi connectivity index (χ3v) is 3.51. The van der Waals surface area contributed by atoms with Gasteiger partial charge in [0.05, 0.1) is 6.10 Å². The standard InChI is InChI=1S/C10H12O/c11-9-4-3-8-6-1-2-7(5-6)10(8)9/h1-4,6-11H,5H2/t6-,7-,8-,9+,10+/m0/s1. The van der Waals surface area contributed by atoms with E-state index in [0.29, 0.717) is 17.8 Å². The molecule has 0 aliphatic heterocycles. The SMILES string of the molecule is O[C@@H]1C=C[C@@H]2[C@H]1[C@H]1C=C[C@H]2C1. The van der Waals surface area contributed by atoms with E-state index in [0.717, 1.165) is 5.92 Å². The van der Waals surface area contributed by atoms with Crippen LogP contribution in [0.1, 0.15) is 6.42 Å². The third kappa shape index (κ3) is 0.603. The normalized spacial score (nSPS) is 57.4. The van der Waals surface area contributed by atoms with Crippen molar-refractivity contribution in [3.05, 3.63) is 24.3 Å². The topological polar surface area (TPSA) is 20.2 Å². The van der Waals surface area contributed by atoms with Gasteiger partial charge in [0.15, 0.2) is 0 Å². The molecule has 11 heavy (non-hydrogen) atoms. The van der Waals surface area contributed by atoms with Crippen molar-refractivity contribution in [3.63, 3.8) is 0 Å². The van der Waals surface area contributed by atoms with Crippen LogP contribution in [0.2, 0.25) is 0 Å². The molecule has 1 N–H and O–H groups in total. The maximum Gasteiger partial charge on any atom is 0.0760 e. The van der Waals surface area contributed by atoms with Crippen LogP contribution < -0.4 is 0 Å². The van der Waals surface area contributed by atoms with Gasteiger partial charge in [-0.1, -0.05) is 24.3 Å². The van der Waals surface area contributed by atoms with Crippen LogP contribution in [0.3, 0.4) is 0 Å². The summed E-state index contributed by atoms with van der Waals surface area (Å²) in [5, 5.41) is 9.60. The number of fused-ring (bicyclic) bond motifs is 5. The predicted molar refractivity (Wildman–Crippen MR) is 42.9 cm³/mol. The molecular weight excluding hydrogens is 136 g/mol. The van der Waals surface area contributed by atoms with Crippen molar-refractivity contribution in [1.82, 2.24) is 0 Å². The zero-order valence-electron chi connectivity index (χ0n) is 6.35. The fraction of sp³-hybridized carbons (Fsp3) is 0.600. The lowest BCUT2D eigenvalue weighted by Crippen LogP contribution is -2.23. The Morgan fingerprint density at radius 2 is 1.82 bits per heavy atom. The monoisotopic (exact) mass is 148 g/mol. The number of aliphatic hydroxyl groups is 1. The average molecular weight is 148 g/mol. The van der Waals surface area contributed by atoms with E-state index in [1.165, 1.54) is 6.42 Å². The molecule has 58 valence electrons. The van der Waals surface area contributed by atoms with Gasteiger partial charge in [-0.2, -0.15) is 0 Å². The Bertz CT molecular complexity index is 241. The summed E-state index contributed by atoms with van der Waals surface area (Å²) in [6, 6.07) is 0. The van der Waals surface area contributed by atoms with Crippen molar-refractivity contribution in [2.45, 2.75) is 12.5 Å². The van der Waals surface area contributed by atoms with Crippen LogP contribution in [0.4, 0.5) is 0 Å². The highest BCUT2D eigenvalue weighted by Crippen LogP contribution is 2.52. The minimum absolute atomic E-state index is 0.153. The van der Waals surface area contributed by atoms with E-state index >= 15 is 0 Å². The van der Waals surface area contributed by atoms with E-state index in [4.69, 9.17) is 0 Å². The Morgan fingerprint density at radius 3 is 2.64 bits per heavy atom. The molecule has 2 bridgehead atoms. The molecule has 0 radical (unpaired) electrons. The maximum atomic E-state index is 9.60. The van der Waals surface area contributed by atoms with Crippen LogP contribution >= 0.6 is 0 Å². The Kier molecular flexibility index (Phi) is 0.972. The Labute approximate surface area is 66.4 Å². The van der Waals surface area contributed by atoms with Gasteiger partial charge in [-0.15, -0.1) is 0 Å². The molecule has 3 aliphatic rings. The molecular formula is C10H12O. The van der Waals surface area contributed by atoms with E-state index in [1.54, 1.807) is 0 Å². The molecule has 0 aromatic heterocycles. The molecule has 0 aromatic carbocycles. The van der Waals surface area contributed by atoms with Gasteiger partial charge in [-0.25, -0.2) is 0 Å². The van der Waals surface area contributed by atoms with Crippen LogP contribution in [0.15, 0.2) is 24.3 Å². The van der Waals surface area contributed by atoms with E-state index in [2.05, 4.69) is 18.2 Å². The number of aliphatic hydroxyl groups excluding tert-OH is 1. The second kappa shape index (κ2) is 1.78. The Hall–Kier alpha value is -0.560. The highest BCUT2D eigenvalue weighted by Gasteiger charge is 2.48. The lowest BCUT2D eigenvalue weighted by Gasteiger charge is -2.22. The quantitative estimate of drug-likeness (QED) is 0.514. The van der Waals surface area contributed by atoms with Gasteiger partial charge in [0, 0.05) is 5.92 Å². The fourth-order valence-electron chi connectivity index (χ4n) is 3.02. The van der Waals surface area contributed by atoms with Crippen LogP contribution in [-0.4, -0.2) is 11.2 Å². The summed E-state index contributed by atoms with van der Waals surface area (Å²) in [7, 11) is 0. The Balaban J connectivity index is 2.02. The molecule has 5 atom stereocenters. The van der Waals surface area contributed by atoms with Crippen LogP contribution in [-0.2, 0) is 0 Å². The van der Waals surface area contributed by atoms with Gasteiger partial charge in [0.25, 0.3) is 0 Å². The molecule has 0 heterocycles. The summed E-state index contributed by atoms with van der Waals surface area (Å²) in [6.45, 7) is 0. The lowest BCUT2D eigenvalue weighted by molar-refractivity contribution is 0.132. The smallest absolute Gasteiger partial charge is 0.0760 e. The van der Waals surface area contributed by atoms with Crippen molar-refractivity contribution >= 4 is 0 Å². The van der Waals surface area contributed by atoms with E-state index in [9.17, 15) is 5.11 Å². The zero-order valence-corrected chi connectivity index (χ0v) is 6.35. The molecule has 1 saturated carbocycles. The molecule has 1 nitrogen and oxygen atoms in total. The minimum atomic E-state index is -0.153. The van der Waals surface area contributed by atoms with Crippen molar-refractivity contribution in [2.24, 2.45) is 23.7 Å². The number of hydrogen-bond donors (Lipinski definition) is 1. The molecule has 0 amide bonds. The number of hydrogen-bond acceptors (Lipinski definition) is 1. The second-order valence-electron chi connectivity index (χ2n) is 3.98. The summed E-state index contributed by atoms with van der Waals surface area (Å²) in [5.74, 6) is 2.62. The molecule has 1 fully saturated rings. The summed E-state index contributed by atoms with van der Waals surface area (Å²) >= 11 is 0. The largest absolute Gasteiger partial charge is 0.389 e. The number of allylic oxidation sites excluding steroid dienone is 3. The van der Waals surface area contributed by atoms with E-state index in [1.807, 2.05) is 6.08 Å². The lowest BCUT2D eigenvalue weighted by atomic mass is 9.84. The van der Waals surface area contributed by atoms with Crippen LogP contribution in [0.5, 0.6) is 0 Å². The minimum Gasteiger partial charge on any atom is -0.389 e. The summed E-state index contributed by atoms with van der Waals surface area (Å²) < 4.78 is 0. The van der Waals surface area contributed by atoms with Gasteiger partial charge in [0.1, 0.15) is 0 Å². The van der Waals surface area contributed by atoms with E-state index < -0.39 is 0 Å². The molecule has 0 aromatic rings. The summed E-state index contributed by atoms with van der Waals surface area (Å²) in [4.78, 5) is 0. The van der Waals surface area contributed by atoms with Crippen LogP contribution in [0.25, 0.3) is 0 Å². The first-order valence-electron chi connectivity index (χ1n) is 4.41. The van der Waals surface area contributed by atoms with Gasteiger partial charge in [0.2, 0.25) is 0 Å². The van der Waals surface area contributed by atoms with Crippen LogP contribution in [0, 0.1) is 23.7 Å². The number of rotatable bonds is 0. The first kappa shape index (κ1) is 6.01. The molecule has 3 aliphatic carbocycles.